The molecule has 2 aromatic rings. The van der Waals surface area contributed by atoms with Gasteiger partial charge in [-0.3, -0.25) is 9.10 Å². The van der Waals surface area contributed by atoms with Crippen LogP contribution in [-0.4, -0.2) is 45.6 Å². The summed E-state index contributed by atoms with van der Waals surface area (Å²) < 4.78 is 35.8. The van der Waals surface area contributed by atoms with Crippen molar-refractivity contribution in [3.63, 3.8) is 0 Å². The molecule has 4 atom stereocenters. The van der Waals surface area contributed by atoms with Crippen LogP contribution in [0.5, 0.6) is 0 Å². The van der Waals surface area contributed by atoms with Crippen molar-refractivity contribution in [2.24, 2.45) is 5.92 Å². The first kappa shape index (κ1) is 24.2. The Morgan fingerprint density at radius 1 is 1.17 bits per heavy atom. The average molecular weight is 516 g/mol. The van der Waals surface area contributed by atoms with Crippen LogP contribution in [0.3, 0.4) is 0 Å². The van der Waals surface area contributed by atoms with Crippen molar-refractivity contribution in [3.05, 3.63) is 64.9 Å². The Labute approximate surface area is 212 Å². The second-order valence-electron chi connectivity index (χ2n) is 9.39. The zero-order valence-corrected chi connectivity index (χ0v) is 20.8. The Hall–Kier alpha value is -2.47. The van der Waals surface area contributed by atoms with E-state index in [-0.39, 0.29) is 48.7 Å². The molecule has 0 radical (unpaired) electrons. The van der Waals surface area contributed by atoms with E-state index in [4.69, 9.17) is 16.3 Å². The second-order valence-corrected chi connectivity index (χ2v) is 11.5. The first-order valence-corrected chi connectivity index (χ1v) is 13.5. The van der Waals surface area contributed by atoms with Crippen molar-refractivity contribution >= 4 is 34.2 Å². The molecule has 1 amide bonds. The molecule has 4 unspecified atom stereocenters. The molecule has 5 rings (SSSR count). The first-order chi connectivity index (χ1) is 17.0. The van der Waals surface area contributed by atoms with Crippen molar-refractivity contribution in [1.29, 1.82) is 5.26 Å². The van der Waals surface area contributed by atoms with Gasteiger partial charge in [-0.15, -0.1) is 0 Å². The fourth-order valence-corrected chi connectivity index (χ4v) is 6.40. The molecule has 35 heavy (non-hydrogen) atoms. The molecule has 0 N–H and O–H groups in total. The van der Waals surface area contributed by atoms with Gasteiger partial charge in [0.15, 0.2) is 0 Å². The van der Waals surface area contributed by atoms with Gasteiger partial charge in [-0.1, -0.05) is 35.9 Å². The van der Waals surface area contributed by atoms with Crippen molar-refractivity contribution in [3.8, 4) is 6.07 Å². The fraction of sp³-hybridized carbons (Fsp3) is 0.462. The van der Waals surface area contributed by atoms with Gasteiger partial charge in [-0.2, -0.15) is 5.26 Å². The number of nitriles is 1. The number of anilines is 1. The molecule has 6 nitrogen and oxygen atoms in total. The average Bonchev–Trinajstić information content (AvgIpc) is 3.76. The molecule has 0 bridgehead atoms. The summed E-state index contributed by atoms with van der Waals surface area (Å²) in [5.41, 5.74) is 1.17. The molecular formula is C26H27ClFN3O3S. The van der Waals surface area contributed by atoms with E-state index in [1.54, 1.807) is 34.6 Å². The first-order valence-electron chi connectivity index (χ1n) is 12.0. The Morgan fingerprint density at radius 2 is 1.89 bits per heavy atom. The Bertz CT molecular complexity index is 1150. The molecule has 9 heteroatoms. The van der Waals surface area contributed by atoms with Gasteiger partial charge >= 0.3 is 0 Å². The zero-order chi connectivity index (χ0) is 24.5. The van der Waals surface area contributed by atoms with Crippen LogP contribution in [0.1, 0.15) is 43.7 Å². The van der Waals surface area contributed by atoms with Crippen molar-refractivity contribution in [2.45, 2.75) is 55.5 Å². The molecule has 1 saturated heterocycles. The highest BCUT2D eigenvalue weighted by atomic mass is 35.5. The van der Waals surface area contributed by atoms with E-state index in [1.165, 1.54) is 6.07 Å². The van der Waals surface area contributed by atoms with E-state index >= 15 is 0 Å². The van der Waals surface area contributed by atoms with Gasteiger partial charge in [0.05, 0.1) is 48.7 Å². The Morgan fingerprint density at radius 3 is 2.51 bits per heavy atom. The van der Waals surface area contributed by atoms with Gasteiger partial charge in [0.1, 0.15) is 22.9 Å². The monoisotopic (exact) mass is 515 g/mol. The number of carbonyl (C=O) groups excluding carboxylic acids is 1. The van der Waals surface area contributed by atoms with Gasteiger partial charge < -0.3 is 9.64 Å². The minimum absolute atomic E-state index is 0.00764. The summed E-state index contributed by atoms with van der Waals surface area (Å²) in [5.74, 6) is -0.471. The number of rotatable bonds is 9. The third kappa shape index (κ3) is 5.23. The normalized spacial score (nSPS) is 24.0. The van der Waals surface area contributed by atoms with Gasteiger partial charge in [0.2, 0.25) is 0 Å². The second kappa shape index (κ2) is 10.3. The number of morpholine rings is 1. The Balaban J connectivity index is 1.52. The molecule has 3 fully saturated rings. The predicted octanol–water partition coefficient (Wildman–Crippen LogP) is 4.77. The number of nitrogens with zero attached hydrogens (tertiary/aromatic N) is 3. The van der Waals surface area contributed by atoms with Crippen LogP contribution in [0.15, 0.2) is 48.5 Å². The van der Waals surface area contributed by atoms with Crippen LogP contribution >= 0.6 is 11.6 Å². The molecule has 3 aliphatic rings. The number of ether oxygens (including phenoxy) is 1. The minimum atomic E-state index is -1.40. The summed E-state index contributed by atoms with van der Waals surface area (Å²) in [6.07, 6.45) is 2.69. The molecule has 2 aromatic carbocycles. The summed E-state index contributed by atoms with van der Waals surface area (Å²) in [5, 5.41) is 9.86. The Kier molecular flexibility index (Phi) is 7.10. The standard InChI is InChI=1S/C26H27ClFN3O3S/c27-19-9-7-18(8-10-19)24-16-34-25(13-14-29)26(32)31(24)23(17-5-6-17)15-30(35(33)20-11-12-20)22-4-2-1-3-21(22)28/h1-4,7-10,17,20,23-25H,5-6,11-13,15-16H2. The van der Waals surface area contributed by atoms with Crippen LogP contribution in [0.2, 0.25) is 5.02 Å². The van der Waals surface area contributed by atoms with Crippen molar-refractivity contribution in [1.82, 2.24) is 4.90 Å². The van der Waals surface area contributed by atoms with E-state index in [0.717, 1.165) is 31.2 Å². The topological polar surface area (TPSA) is 73.6 Å². The maximum Gasteiger partial charge on any atom is 0.253 e. The highest BCUT2D eigenvalue weighted by Crippen LogP contribution is 2.43. The van der Waals surface area contributed by atoms with E-state index in [2.05, 4.69) is 6.07 Å². The molecule has 1 aliphatic heterocycles. The molecule has 2 saturated carbocycles. The van der Waals surface area contributed by atoms with Crippen LogP contribution < -0.4 is 4.31 Å². The maximum absolute atomic E-state index is 14.9. The summed E-state index contributed by atoms with van der Waals surface area (Å²) in [6, 6.07) is 15.1. The van der Waals surface area contributed by atoms with Crippen LogP contribution in [0.4, 0.5) is 10.1 Å². The highest BCUT2D eigenvalue weighted by molar-refractivity contribution is 7.87. The molecule has 0 aromatic heterocycles. The van der Waals surface area contributed by atoms with Gasteiger partial charge in [0, 0.05) is 5.02 Å². The maximum atomic E-state index is 14.9. The van der Waals surface area contributed by atoms with Gasteiger partial charge in [-0.05, 0) is 61.4 Å². The quantitative estimate of drug-likeness (QED) is 0.482. The fourth-order valence-electron chi connectivity index (χ4n) is 4.73. The summed E-state index contributed by atoms with van der Waals surface area (Å²) in [4.78, 5) is 15.5. The largest absolute Gasteiger partial charge is 0.365 e. The number of hydrogen-bond donors (Lipinski definition) is 0. The lowest BCUT2D eigenvalue weighted by molar-refractivity contribution is -0.164. The third-order valence-electron chi connectivity index (χ3n) is 6.88. The smallest absolute Gasteiger partial charge is 0.253 e. The molecule has 1 heterocycles. The van der Waals surface area contributed by atoms with Gasteiger partial charge in [-0.25, -0.2) is 8.60 Å². The lowest BCUT2D eigenvalue weighted by Crippen LogP contribution is -2.57. The molecule has 2 aliphatic carbocycles. The molecule has 184 valence electrons. The zero-order valence-electron chi connectivity index (χ0n) is 19.2. The number of para-hydroxylation sites is 1. The summed E-state index contributed by atoms with van der Waals surface area (Å²) in [7, 11) is -1.40. The van der Waals surface area contributed by atoms with Crippen LogP contribution in [0.25, 0.3) is 0 Å². The molecule has 0 spiro atoms. The van der Waals surface area contributed by atoms with E-state index < -0.39 is 22.9 Å². The van der Waals surface area contributed by atoms with Crippen molar-refractivity contribution < 1.29 is 18.1 Å². The van der Waals surface area contributed by atoms with Crippen LogP contribution in [-0.2, 0) is 20.5 Å². The summed E-state index contributed by atoms with van der Waals surface area (Å²) >= 11 is 6.10. The highest BCUT2D eigenvalue weighted by Gasteiger charge is 2.47. The molecular weight excluding hydrogens is 489 g/mol. The van der Waals surface area contributed by atoms with E-state index in [0.29, 0.717) is 10.7 Å². The minimum Gasteiger partial charge on any atom is -0.365 e. The van der Waals surface area contributed by atoms with Crippen molar-refractivity contribution in [2.75, 3.05) is 17.5 Å². The van der Waals surface area contributed by atoms with E-state index in [9.17, 15) is 18.7 Å². The lowest BCUT2D eigenvalue weighted by Gasteiger charge is -2.45. The van der Waals surface area contributed by atoms with Crippen LogP contribution in [0, 0.1) is 23.1 Å². The predicted molar refractivity (Wildman–Crippen MR) is 132 cm³/mol. The lowest BCUT2D eigenvalue weighted by atomic mass is 9.98. The summed E-state index contributed by atoms with van der Waals surface area (Å²) in [6.45, 7) is 0.498. The SMILES string of the molecule is N#CCC1OCC(c2ccc(Cl)cc2)N(C(CN(c2ccccc2F)S(=O)C2CC2)C2CC2)C1=O. The number of halogens is 2. The third-order valence-corrected chi connectivity index (χ3v) is 8.95. The van der Waals surface area contributed by atoms with E-state index in [1.807, 2.05) is 17.0 Å². The number of hydrogen-bond acceptors (Lipinski definition) is 4. The number of carbonyl (C=O) groups is 1. The van der Waals surface area contributed by atoms with Gasteiger partial charge in [0.25, 0.3) is 5.91 Å². The number of amides is 1. The number of benzene rings is 2.